The molecule has 0 fully saturated rings. The minimum Gasteiger partial charge on any atom is -0.392 e. The normalized spacial score (nSPS) is 10.5. The van der Waals surface area contributed by atoms with Gasteiger partial charge in [0, 0.05) is 11.3 Å². The van der Waals surface area contributed by atoms with Crippen molar-refractivity contribution < 1.29 is 14.6 Å². The number of para-hydroxylation sites is 1. The molecule has 0 atom stereocenters. The number of ether oxygens (including phenoxy) is 1. The summed E-state index contributed by atoms with van der Waals surface area (Å²) < 4.78 is 5.17. The van der Waals surface area contributed by atoms with E-state index in [4.69, 9.17) is 9.84 Å². The zero-order chi connectivity index (χ0) is 12.0. The van der Waals surface area contributed by atoms with Gasteiger partial charge in [0.15, 0.2) is 0 Å². The predicted octanol–water partition coefficient (Wildman–Crippen LogP) is 1.54. The number of rotatable bonds is 5. The molecule has 0 aliphatic heterocycles. The SMILES string of the molecule is CC(C)OCC(=O)Nc1ccccc1CO. The van der Waals surface area contributed by atoms with Gasteiger partial charge in [0.25, 0.3) is 0 Å². The van der Waals surface area contributed by atoms with Gasteiger partial charge >= 0.3 is 0 Å². The molecule has 1 amide bonds. The average Bonchev–Trinajstić information content (AvgIpc) is 2.27. The summed E-state index contributed by atoms with van der Waals surface area (Å²) in [5.41, 5.74) is 1.32. The minimum atomic E-state index is -0.213. The van der Waals surface area contributed by atoms with Crippen LogP contribution in [0.25, 0.3) is 0 Å². The molecule has 1 aromatic rings. The molecule has 2 N–H and O–H groups in total. The molecule has 0 unspecified atom stereocenters. The van der Waals surface area contributed by atoms with E-state index in [0.29, 0.717) is 11.3 Å². The molecule has 1 aromatic carbocycles. The smallest absolute Gasteiger partial charge is 0.250 e. The van der Waals surface area contributed by atoms with E-state index in [0.717, 1.165) is 0 Å². The Bertz CT molecular complexity index is 350. The van der Waals surface area contributed by atoms with Gasteiger partial charge in [-0.15, -0.1) is 0 Å². The maximum Gasteiger partial charge on any atom is 0.250 e. The molecule has 0 aliphatic carbocycles. The molecule has 0 aliphatic rings. The number of amides is 1. The van der Waals surface area contributed by atoms with Crippen LogP contribution in [0.4, 0.5) is 5.69 Å². The Kier molecular flexibility index (Phi) is 4.95. The van der Waals surface area contributed by atoms with Crippen molar-refractivity contribution in [1.82, 2.24) is 0 Å². The summed E-state index contributed by atoms with van der Waals surface area (Å²) in [4.78, 5) is 11.5. The van der Waals surface area contributed by atoms with Crippen molar-refractivity contribution in [2.24, 2.45) is 0 Å². The van der Waals surface area contributed by atoms with Crippen molar-refractivity contribution in [2.45, 2.75) is 26.6 Å². The first-order chi connectivity index (χ1) is 7.63. The van der Waals surface area contributed by atoms with Crippen LogP contribution in [0.15, 0.2) is 24.3 Å². The second kappa shape index (κ2) is 6.25. The number of anilines is 1. The maximum absolute atomic E-state index is 11.5. The molecule has 0 aromatic heterocycles. The topological polar surface area (TPSA) is 58.6 Å². The highest BCUT2D eigenvalue weighted by molar-refractivity contribution is 5.92. The molecule has 0 bridgehead atoms. The zero-order valence-electron chi connectivity index (χ0n) is 9.56. The Labute approximate surface area is 95.2 Å². The van der Waals surface area contributed by atoms with Crippen LogP contribution in [-0.2, 0) is 16.1 Å². The van der Waals surface area contributed by atoms with Crippen molar-refractivity contribution in [2.75, 3.05) is 11.9 Å². The second-order valence-corrected chi connectivity index (χ2v) is 3.72. The van der Waals surface area contributed by atoms with Gasteiger partial charge in [0.05, 0.1) is 12.7 Å². The molecule has 88 valence electrons. The molecule has 1 rings (SSSR count). The van der Waals surface area contributed by atoms with Crippen LogP contribution < -0.4 is 5.32 Å². The average molecular weight is 223 g/mol. The number of benzene rings is 1. The highest BCUT2D eigenvalue weighted by Gasteiger charge is 2.06. The van der Waals surface area contributed by atoms with Gasteiger partial charge in [0.1, 0.15) is 6.61 Å². The number of hydrogen-bond donors (Lipinski definition) is 2. The third-order valence-corrected chi connectivity index (χ3v) is 2.01. The van der Waals surface area contributed by atoms with Gasteiger partial charge in [-0.3, -0.25) is 4.79 Å². The molecule has 4 nitrogen and oxygen atoms in total. The van der Waals surface area contributed by atoms with Crippen molar-refractivity contribution in [1.29, 1.82) is 0 Å². The summed E-state index contributed by atoms with van der Waals surface area (Å²) in [5.74, 6) is -0.213. The van der Waals surface area contributed by atoms with Gasteiger partial charge in [-0.2, -0.15) is 0 Å². The monoisotopic (exact) mass is 223 g/mol. The lowest BCUT2D eigenvalue weighted by atomic mass is 10.2. The Hall–Kier alpha value is -1.39. The molecule has 0 spiro atoms. The lowest BCUT2D eigenvalue weighted by molar-refractivity contribution is -0.121. The Morgan fingerprint density at radius 2 is 2.12 bits per heavy atom. The van der Waals surface area contributed by atoms with Crippen LogP contribution >= 0.6 is 0 Å². The highest BCUT2D eigenvalue weighted by atomic mass is 16.5. The van der Waals surface area contributed by atoms with Gasteiger partial charge in [-0.05, 0) is 19.9 Å². The summed E-state index contributed by atoms with van der Waals surface area (Å²) in [6.07, 6.45) is 0.0267. The molecule has 0 radical (unpaired) electrons. The van der Waals surface area contributed by atoms with Crippen molar-refractivity contribution in [3.8, 4) is 0 Å². The second-order valence-electron chi connectivity index (χ2n) is 3.72. The molecule has 4 heteroatoms. The van der Waals surface area contributed by atoms with Crippen LogP contribution in [0, 0.1) is 0 Å². The van der Waals surface area contributed by atoms with E-state index in [1.165, 1.54) is 0 Å². The molecule has 16 heavy (non-hydrogen) atoms. The fourth-order valence-electron chi connectivity index (χ4n) is 1.21. The first-order valence-electron chi connectivity index (χ1n) is 5.23. The van der Waals surface area contributed by atoms with Gasteiger partial charge in [-0.1, -0.05) is 18.2 Å². The van der Waals surface area contributed by atoms with E-state index in [2.05, 4.69) is 5.32 Å². The van der Waals surface area contributed by atoms with Crippen LogP contribution in [0.1, 0.15) is 19.4 Å². The largest absolute Gasteiger partial charge is 0.392 e. The number of carbonyl (C=O) groups is 1. The van der Waals surface area contributed by atoms with E-state index < -0.39 is 0 Å². The summed E-state index contributed by atoms with van der Waals surface area (Å²) in [7, 11) is 0. The quantitative estimate of drug-likeness (QED) is 0.796. The summed E-state index contributed by atoms with van der Waals surface area (Å²) in [5, 5.41) is 11.8. The fourth-order valence-corrected chi connectivity index (χ4v) is 1.21. The highest BCUT2D eigenvalue weighted by Crippen LogP contribution is 2.14. The number of carbonyl (C=O) groups excluding carboxylic acids is 1. The van der Waals surface area contributed by atoms with Crippen molar-refractivity contribution >= 4 is 11.6 Å². The Morgan fingerprint density at radius 3 is 2.75 bits per heavy atom. The first-order valence-corrected chi connectivity index (χ1v) is 5.23. The number of aliphatic hydroxyl groups excluding tert-OH is 1. The summed E-state index contributed by atoms with van der Waals surface area (Å²) in [6.45, 7) is 3.67. The van der Waals surface area contributed by atoms with Crippen LogP contribution in [0.2, 0.25) is 0 Å². The number of hydrogen-bond acceptors (Lipinski definition) is 3. The molecule has 0 saturated heterocycles. The van der Waals surface area contributed by atoms with E-state index in [1.807, 2.05) is 19.9 Å². The standard InChI is InChI=1S/C12H17NO3/c1-9(2)16-8-12(15)13-11-6-4-3-5-10(11)7-14/h3-6,9,14H,7-8H2,1-2H3,(H,13,15). The fraction of sp³-hybridized carbons (Fsp3) is 0.417. The van der Waals surface area contributed by atoms with Gasteiger partial charge < -0.3 is 15.2 Å². The van der Waals surface area contributed by atoms with Crippen LogP contribution in [-0.4, -0.2) is 23.7 Å². The minimum absolute atomic E-state index is 0.0252. The lowest BCUT2D eigenvalue weighted by Crippen LogP contribution is -2.21. The Balaban J connectivity index is 2.55. The molecule has 0 saturated carbocycles. The van der Waals surface area contributed by atoms with Crippen molar-refractivity contribution in [3.05, 3.63) is 29.8 Å². The summed E-state index contributed by atoms with van der Waals surface area (Å²) in [6, 6.07) is 7.13. The zero-order valence-corrected chi connectivity index (χ0v) is 9.56. The Morgan fingerprint density at radius 1 is 1.44 bits per heavy atom. The third-order valence-electron chi connectivity index (χ3n) is 2.01. The van der Waals surface area contributed by atoms with Gasteiger partial charge in [0.2, 0.25) is 5.91 Å². The molecule has 0 heterocycles. The van der Waals surface area contributed by atoms with Gasteiger partial charge in [-0.25, -0.2) is 0 Å². The third kappa shape index (κ3) is 4.00. The molecular weight excluding hydrogens is 206 g/mol. The van der Waals surface area contributed by atoms with Crippen molar-refractivity contribution in [3.63, 3.8) is 0 Å². The van der Waals surface area contributed by atoms with E-state index >= 15 is 0 Å². The van der Waals surface area contributed by atoms with E-state index in [9.17, 15) is 4.79 Å². The first kappa shape index (κ1) is 12.7. The van der Waals surface area contributed by atoms with E-state index in [-0.39, 0.29) is 25.2 Å². The summed E-state index contributed by atoms with van der Waals surface area (Å²) >= 11 is 0. The number of nitrogens with one attached hydrogen (secondary N) is 1. The molecular formula is C12H17NO3. The lowest BCUT2D eigenvalue weighted by Gasteiger charge is -2.10. The van der Waals surface area contributed by atoms with E-state index in [1.54, 1.807) is 18.2 Å². The predicted molar refractivity (Wildman–Crippen MR) is 62.1 cm³/mol. The maximum atomic E-state index is 11.5. The van der Waals surface area contributed by atoms with Crippen LogP contribution in [0.5, 0.6) is 0 Å². The number of aliphatic hydroxyl groups is 1. The van der Waals surface area contributed by atoms with Crippen LogP contribution in [0.3, 0.4) is 0 Å².